The Morgan fingerprint density at radius 2 is 2.27 bits per heavy atom. The van der Waals surface area contributed by atoms with Crippen molar-refractivity contribution in [2.45, 2.75) is 20.1 Å². The van der Waals surface area contributed by atoms with Crippen LogP contribution in [0.4, 0.5) is 5.69 Å². The fraction of sp³-hybridized carbons (Fsp3) is 0.250. The summed E-state index contributed by atoms with van der Waals surface area (Å²) < 4.78 is 12.5. The zero-order valence-corrected chi connectivity index (χ0v) is 12.7. The van der Waals surface area contributed by atoms with Crippen molar-refractivity contribution in [3.8, 4) is 23.3 Å². The molecule has 0 aliphatic carbocycles. The molecular weight excluding hydrogens is 282 g/mol. The smallest absolute Gasteiger partial charge is 0.300 e. The van der Waals surface area contributed by atoms with Crippen LogP contribution in [-0.4, -0.2) is 28.9 Å². The van der Waals surface area contributed by atoms with Gasteiger partial charge in [0.2, 0.25) is 0 Å². The van der Waals surface area contributed by atoms with Crippen LogP contribution < -0.4 is 10.1 Å². The van der Waals surface area contributed by atoms with Gasteiger partial charge in [-0.05, 0) is 38.0 Å². The number of rotatable bonds is 5. The van der Waals surface area contributed by atoms with Crippen molar-refractivity contribution in [2.24, 2.45) is 0 Å². The molecule has 114 valence electrons. The first-order valence-electron chi connectivity index (χ1n) is 6.69. The molecule has 0 fully saturated rings. The van der Waals surface area contributed by atoms with Gasteiger partial charge in [-0.1, -0.05) is 5.92 Å². The summed E-state index contributed by atoms with van der Waals surface area (Å²) in [6, 6.07) is 5.41. The summed E-state index contributed by atoms with van der Waals surface area (Å²) >= 11 is 0. The number of aromatic nitrogens is 2. The molecule has 22 heavy (non-hydrogen) atoms. The molecule has 0 aliphatic rings. The molecule has 0 aliphatic heterocycles. The van der Waals surface area contributed by atoms with Crippen molar-refractivity contribution in [3.63, 3.8) is 0 Å². The van der Waals surface area contributed by atoms with E-state index in [4.69, 9.17) is 9.47 Å². The van der Waals surface area contributed by atoms with E-state index >= 15 is 0 Å². The van der Waals surface area contributed by atoms with Crippen LogP contribution in [0.5, 0.6) is 5.75 Å². The summed E-state index contributed by atoms with van der Waals surface area (Å²) in [4.78, 5) is 15.7. The first-order chi connectivity index (χ1) is 10.6. The molecule has 1 amide bonds. The maximum Gasteiger partial charge on any atom is 0.300 e. The minimum Gasteiger partial charge on any atom is -0.463 e. The predicted molar refractivity (Wildman–Crippen MR) is 82.7 cm³/mol. The van der Waals surface area contributed by atoms with E-state index in [-0.39, 0.29) is 0 Å². The van der Waals surface area contributed by atoms with Crippen LogP contribution in [0, 0.1) is 11.8 Å². The number of nitrogens with one attached hydrogen (secondary N) is 1. The highest BCUT2D eigenvalue weighted by Crippen LogP contribution is 2.28. The summed E-state index contributed by atoms with van der Waals surface area (Å²) in [5, 5.41) is 2.72. The summed E-state index contributed by atoms with van der Waals surface area (Å²) in [6.07, 6.45) is 4.72. The molecule has 1 heterocycles. The Balaban J connectivity index is 2.35. The summed E-state index contributed by atoms with van der Waals surface area (Å²) in [6.45, 7) is 3.37. The summed E-state index contributed by atoms with van der Waals surface area (Å²) in [5.74, 6) is 5.10. The average molecular weight is 299 g/mol. The summed E-state index contributed by atoms with van der Waals surface area (Å²) in [5.41, 5.74) is 1.36. The fourth-order valence-electron chi connectivity index (χ4n) is 1.78. The van der Waals surface area contributed by atoms with E-state index < -0.39 is 12.2 Å². The number of nitrogens with zero attached hydrogens (tertiary/aromatic N) is 2. The third-order valence-electron chi connectivity index (χ3n) is 2.88. The lowest BCUT2D eigenvalue weighted by molar-refractivity contribution is -0.111. The first kappa shape index (κ1) is 15.6. The van der Waals surface area contributed by atoms with E-state index in [0.717, 1.165) is 5.69 Å². The number of imidazole rings is 1. The molecular formula is C16H17N3O3. The zero-order chi connectivity index (χ0) is 15.9. The maximum atomic E-state index is 11.7. The van der Waals surface area contributed by atoms with Gasteiger partial charge in [0.25, 0.3) is 5.91 Å². The third-order valence-corrected chi connectivity index (χ3v) is 2.88. The second-order valence-electron chi connectivity index (χ2n) is 4.40. The SMILES string of the molecule is CC#CC(=O)Nc1cc(-n2ccnc2)ccc1OC(C)OC. The van der Waals surface area contributed by atoms with Gasteiger partial charge in [0.05, 0.1) is 12.0 Å². The molecule has 6 nitrogen and oxygen atoms in total. The highest BCUT2D eigenvalue weighted by Gasteiger charge is 2.11. The molecule has 1 aromatic heterocycles. The number of benzene rings is 1. The molecule has 1 atom stereocenters. The van der Waals surface area contributed by atoms with Gasteiger partial charge in [0.1, 0.15) is 5.75 Å². The van der Waals surface area contributed by atoms with Crippen LogP contribution in [0.1, 0.15) is 13.8 Å². The second-order valence-corrected chi connectivity index (χ2v) is 4.40. The van der Waals surface area contributed by atoms with Crippen LogP contribution in [0.25, 0.3) is 5.69 Å². The first-order valence-corrected chi connectivity index (χ1v) is 6.69. The molecule has 0 bridgehead atoms. The van der Waals surface area contributed by atoms with Crippen molar-refractivity contribution in [1.82, 2.24) is 9.55 Å². The number of hydrogen-bond donors (Lipinski definition) is 1. The fourth-order valence-corrected chi connectivity index (χ4v) is 1.78. The summed E-state index contributed by atoms with van der Waals surface area (Å²) in [7, 11) is 1.55. The Kier molecular flexibility index (Phi) is 5.17. The number of carbonyl (C=O) groups is 1. The molecule has 0 radical (unpaired) electrons. The van der Waals surface area contributed by atoms with E-state index in [1.807, 2.05) is 16.8 Å². The Morgan fingerprint density at radius 1 is 1.45 bits per heavy atom. The molecule has 1 N–H and O–H groups in total. The normalized spacial score (nSPS) is 11.2. The monoisotopic (exact) mass is 299 g/mol. The number of ether oxygens (including phenoxy) is 2. The number of hydrogen-bond acceptors (Lipinski definition) is 4. The van der Waals surface area contributed by atoms with Crippen LogP contribution in [0.3, 0.4) is 0 Å². The molecule has 0 saturated heterocycles. The Bertz CT molecular complexity index is 699. The number of amides is 1. The molecule has 1 aromatic carbocycles. The highest BCUT2D eigenvalue weighted by atomic mass is 16.7. The topological polar surface area (TPSA) is 65.4 Å². The van der Waals surface area contributed by atoms with E-state index in [2.05, 4.69) is 22.1 Å². The van der Waals surface area contributed by atoms with E-state index in [0.29, 0.717) is 11.4 Å². The van der Waals surface area contributed by atoms with E-state index in [1.54, 1.807) is 45.6 Å². The van der Waals surface area contributed by atoms with Crippen LogP contribution in [-0.2, 0) is 9.53 Å². The highest BCUT2D eigenvalue weighted by molar-refractivity contribution is 6.04. The molecule has 2 rings (SSSR count). The van der Waals surface area contributed by atoms with Crippen molar-refractivity contribution >= 4 is 11.6 Å². The second kappa shape index (κ2) is 7.29. The van der Waals surface area contributed by atoms with Crippen molar-refractivity contribution in [1.29, 1.82) is 0 Å². The molecule has 0 saturated carbocycles. The van der Waals surface area contributed by atoms with Gasteiger partial charge >= 0.3 is 0 Å². The lowest BCUT2D eigenvalue weighted by atomic mass is 10.2. The van der Waals surface area contributed by atoms with Gasteiger partial charge in [-0.2, -0.15) is 0 Å². The number of carbonyl (C=O) groups excluding carboxylic acids is 1. The standard InChI is InChI=1S/C16H17N3O3/c1-4-5-16(20)18-14-10-13(19-9-8-17-11-19)6-7-15(14)22-12(2)21-3/h6-12H,1-3H3,(H,18,20). The van der Waals surface area contributed by atoms with Gasteiger partial charge in [0, 0.05) is 25.2 Å². The van der Waals surface area contributed by atoms with Crippen molar-refractivity contribution in [2.75, 3.05) is 12.4 Å². The Hall–Kier alpha value is -2.78. The maximum absolute atomic E-state index is 11.7. The predicted octanol–water partition coefficient (Wildman–Crippen LogP) is 2.21. The van der Waals surface area contributed by atoms with Crippen LogP contribution in [0.2, 0.25) is 0 Å². The Morgan fingerprint density at radius 3 is 2.91 bits per heavy atom. The molecule has 1 unspecified atom stereocenters. The largest absolute Gasteiger partial charge is 0.463 e. The minimum absolute atomic E-state index is 0.403. The lowest BCUT2D eigenvalue weighted by Gasteiger charge is -2.17. The molecule has 0 spiro atoms. The van der Waals surface area contributed by atoms with Crippen LogP contribution >= 0.6 is 0 Å². The van der Waals surface area contributed by atoms with Gasteiger partial charge in [-0.25, -0.2) is 4.98 Å². The van der Waals surface area contributed by atoms with Gasteiger partial charge in [-0.3, -0.25) is 4.79 Å². The zero-order valence-electron chi connectivity index (χ0n) is 12.7. The van der Waals surface area contributed by atoms with Gasteiger partial charge in [0.15, 0.2) is 6.29 Å². The quantitative estimate of drug-likeness (QED) is 0.679. The average Bonchev–Trinajstić information content (AvgIpc) is 3.03. The van der Waals surface area contributed by atoms with Crippen molar-refractivity contribution < 1.29 is 14.3 Å². The van der Waals surface area contributed by atoms with Gasteiger partial charge in [-0.15, -0.1) is 0 Å². The Labute approximate surface area is 129 Å². The molecule has 6 heteroatoms. The molecule has 2 aromatic rings. The third kappa shape index (κ3) is 3.87. The lowest BCUT2D eigenvalue weighted by Crippen LogP contribution is -2.16. The minimum atomic E-state index is -0.438. The number of methoxy groups -OCH3 is 1. The van der Waals surface area contributed by atoms with E-state index in [9.17, 15) is 4.79 Å². The van der Waals surface area contributed by atoms with E-state index in [1.165, 1.54) is 0 Å². The van der Waals surface area contributed by atoms with Gasteiger partial charge < -0.3 is 19.4 Å². The van der Waals surface area contributed by atoms with Crippen LogP contribution in [0.15, 0.2) is 36.9 Å². The number of anilines is 1. The van der Waals surface area contributed by atoms with Crippen molar-refractivity contribution in [3.05, 3.63) is 36.9 Å².